The second-order valence-corrected chi connectivity index (χ2v) is 10.2. The van der Waals surface area contributed by atoms with Crippen LogP contribution in [0.1, 0.15) is 0 Å². The molecule has 32 heavy (non-hydrogen) atoms. The Labute approximate surface area is 186 Å². The summed E-state index contributed by atoms with van der Waals surface area (Å²) in [5, 5.41) is 10.4. The van der Waals surface area contributed by atoms with Crippen LogP contribution in [0.4, 0.5) is 30.6 Å². The van der Waals surface area contributed by atoms with E-state index in [0.29, 0.717) is 11.5 Å². The van der Waals surface area contributed by atoms with Crippen LogP contribution < -0.4 is 10.6 Å². The van der Waals surface area contributed by atoms with Gasteiger partial charge in [0, 0.05) is 19.2 Å². The molecule has 2 fully saturated rings. The van der Waals surface area contributed by atoms with Gasteiger partial charge in [0.25, 0.3) is 0 Å². The van der Waals surface area contributed by atoms with E-state index in [1.165, 1.54) is 6.20 Å². The zero-order chi connectivity index (χ0) is 23.1. The van der Waals surface area contributed by atoms with Crippen molar-refractivity contribution in [3.05, 3.63) is 23.6 Å². The van der Waals surface area contributed by atoms with Crippen molar-refractivity contribution >= 4 is 38.9 Å². The van der Waals surface area contributed by atoms with Crippen LogP contribution in [0.25, 0.3) is 0 Å². The van der Waals surface area contributed by atoms with Crippen LogP contribution in [0.3, 0.4) is 0 Å². The summed E-state index contributed by atoms with van der Waals surface area (Å²) in [6.45, 7) is 0.132. The summed E-state index contributed by atoms with van der Waals surface area (Å²) in [5.74, 6) is -2.64. The van der Waals surface area contributed by atoms with Crippen molar-refractivity contribution in [3.63, 3.8) is 0 Å². The van der Waals surface area contributed by atoms with E-state index in [-0.39, 0.29) is 24.2 Å². The molecule has 2 aliphatic heterocycles. The molecule has 176 valence electrons. The molecule has 4 rings (SSSR count). The first-order valence-corrected chi connectivity index (χ1v) is 11.7. The second kappa shape index (κ2) is 8.65. The van der Waals surface area contributed by atoms with Crippen LogP contribution in [-0.2, 0) is 26.4 Å². The molecule has 15 heteroatoms. The summed E-state index contributed by atoms with van der Waals surface area (Å²) >= 11 is 6.20. The normalized spacial score (nSPS) is 25.7. The largest absolute Gasteiger partial charge is 0.402 e. The highest BCUT2D eigenvalue weighted by atomic mass is 35.5. The lowest BCUT2D eigenvalue weighted by Crippen LogP contribution is -2.37. The van der Waals surface area contributed by atoms with Gasteiger partial charge in [-0.2, -0.15) is 23.3 Å². The van der Waals surface area contributed by atoms with E-state index in [9.17, 15) is 21.6 Å². The molecular weight excluding hydrogens is 477 g/mol. The van der Waals surface area contributed by atoms with E-state index in [0.717, 1.165) is 0 Å². The third-order valence-corrected chi connectivity index (χ3v) is 7.01. The fraction of sp³-hybridized carbons (Fsp3) is 0.588. The number of aryl methyl sites for hydroxylation is 1. The predicted molar refractivity (Wildman–Crippen MR) is 109 cm³/mol. The lowest BCUT2D eigenvalue weighted by atomic mass is 10.0. The highest BCUT2D eigenvalue weighted by Gasteiger charge is 2.50. The number of nitrogens with one attached hydrogen (secondary N) is 2. The number of fused-ring (bicyclic) bond motifs is 1. The van der Waals surface area contributed by atoms with Gasteiger partial charge in [-0.05, 0) is 0 Å². The lowest BCUT2D eigenvalue weighted by Gasteiger charge is -2.19. The fourth-order valence-electron chi connectivity index (χ4n) is 3.80. The molecule has 0 spiro atoms. The van der Waals surface area contributed by atoms with E-state index < -0.39 is 51.7 Å². The lowest BCUT2D eigenvalue weighted by molar-refractivity contribution is -0.106. The van der Waals surface area contributed by atoms with E-state index in [1.807, 2.05) is 0 Å². The number of rotatable bonds is 7. The standard InChI is InChI=1S/C17H20ClF3N6O4S/c1-27-4-10(2-23-27)24-16-22-3-11(18)15(26-16)25-12-6-31-13-9(5-30-14(12)13)7-32(28,29)8-17(19,20)21/h2-4,9,12-14H,5-8H2,1H3,(H2,22,24,25,26). The van der Waals surface area contributed by atoms with E-state index in [2.05, 4.69) is 25.7 Å². The van der Waals surface area contributed by atoms with Crippen LogP contribution in [0.2, 0.25) is 5.02 Å². The SMILES string of the molecule is Cn1cc(Nc2ncc(Cl)c(NC3COC4C(CS(=O)(=O)CC(F)(F)F)COC34)n2)cn1. The number of halogens is 4. The molecule has 0 bridgehead atoms. The summed E-state index contributed by atoms with van der Waals surface area (Å²) in [5.41, 5.74) is 0.673. The van der Waals surface area contributed by atoms with Crippen molar-refractivity contribution in [2.75, 3.05) is 35.4 Å². The molecule has 2 N–H and O–H groups in total. The molecule has 0 saturated carbocycles. The number of nitrogens with zero attached hydrogens (tertiary/aromatic N) is 4. The third kappa shape index (κ3) is 5.42. The minimum absolute atomic E-state index is 0.0179. The van der Waals surface area contributed by atoms with Gasteiger partial charge in [-0.15, -0.1) is 0 Å². The number of sulfone groups is 1. The van der Waals surface area contributed by atoms with Gasteiger partial charge < -0.3 is 20.1 Å². The molecule has 2 aliphatic rings. The van der Waals surface area contributed by atoms with Crippen LogP contribution in [0.15, 0.2) is 18.6 Å². The van der Waals surface area contributed by atoms with Gasteiger partial charge in [0.2, 0.25) is 5.95 Å². The number of hydrogen-bond acceptors (Lipinski definition) is 9. The third-order valence-electron chi connectivity index (χ3n) is 5.03. The molecule has 2 saturated heterocycles. The van der Waals surface area contributed by atoms with Crippen molar-refractivity contribution in [3.8, 4) is 0 Å². The van der Waals surface area contributed by atoms with Crippen LogP contribution in [-0.4, -0.2) is 77.3 Å². The Morgan fingerprint density at radius 2 is 2.00 bits per heavy atom. The minimum atomic E-state index is -4.79. The molecule has 2 aromatic heterocycles. The molecule has 4 unspecified atom stereocenters. The maximum atomic E-state index is 12.5. The Morgan fingerprint density at radius 1 is 1.25 bits per heavy atom. The van der Waals surface area contributed by atoms with Crippen LogP contribution in [0, 0.1) is 5.92 Å². The average molecular weight is 497 g/mol. The highest BCUT2D eigenvalue weighted by molar-refractivity contribution is 7.91. The van der Waals surface area contributed by atoms with Crippen LogP contribution >= 0.6 is 11.6 Å². The molecule has 2 aromatic rings. The predicted octanol–water partition coefficient (Wildman–Crippen LogP) is 1.78. The van der Waals surface area contributed by atoms with Crippen molar-refractivity contribution in [2.45, 2.75) is 24.4 Å². The Balaban J connectivity index is 1.41. The fourth-order valence-corrected chi connectivity index (χ4v) is 5.50. The van der Waals surface area contributed by atoms with Gasteiger partial charge in [-0.1, -0.05) is 11.6 Å². The van der Waals surface area contributed by atoms with Crippen molar-refractivity contribution in [1.82, 2.24) is 19.7 Å². The average Bonchev–Trinajstić information content (AvgIpc) is 3.35. The van der Waals surface area contributed by atoms with Crippen molar-refractivity contribution in [2.24, 2.45) is 13.0 Å². The van der Waals surface area contributed by atoms with Gasteiger partial charge in [-0.25, -0.2) is 13.4 Å². The quantitative estimate of drug-likeness (QED) is 0.591. The van der Waals surface area contributed by atoms with Crippen LogP contribution in [0.5, 0.6) is 0 Å². The molecule has 4 atom stereocenters. The zero-order valence-electron chi connectivity index (χ0n) is 16.7. The number of hydrogen-bond donors (Lipinski definition) is 2. The molecular formula is C17H20ClF3N6O4S. The minimum Gasteiger partial charge on any atom is -0.373 e. The first kappa shape index (κ1) is 23.0. The zero-order valence-corrected chi connectivity index (χ0v) is 18.3. The van der Waals surface area contributed by atoms with E-state index >= 15 is 0 Å². The summed E-state index contributed by atoms with van der Waals surface area (Å²) in [6, 6.07) is -0.422. The molecule has 4 heterocycles. The Bertz CT molecular complexity index is 1080. The summed E-state index contributed by atoms with van der Waals surface area (Å²) in [7, 11) is -2.58. The summed E-state index contributed by atoms with van der Waals surface area (Å²) < 4.78 is 74.3. The van der Waals surface area contributed by atoms with Crippen molar-refractivity contribution in [1.29, 1.82) is 0 Å². The monoisotopic (exact) mass is 496 g/mol. The first-order valence-electron chi connectivity index (χ1n) is 9.54. The van der Waals surface area contributed by atoms with Gasteiger partial charge in [-0.3, -0.25) is 4.68 Å². The second-order valence-electron chi connectivity index (χ2n) is 7.69. The van der Waals surface area contributed by atoms with Gasteiger partial charge in [0.05, 0.1) is 49.2 Å². The Hall–Kier alpha value is -2.16. The highest BCUT2D eigenvalue weighted by Crippen LogP contribution is 2.35. The van der Waals surface area contributed by atoms with Crippen molar-refractivity contribution < 1.29 is 31.1 Å². The topological polar surface area (TPSA) is 120 Å². The molecule has 0 aliphatic carbocycles. The number of ether oxygens (including phenoxy) is 2. The van der Waals surface area contributed by atoms with E-state index in [4.69, 9.17) is 21.1 Å². The smallest absolute Gasteiger partial charge is 0.373 e. The summed E-state index contributed by atoms with van der Waals surface area (Å²) in [6.07, 6.45) is -1.25. The maximum Gasteiger partial charge on any atom is 0.402 e. The first-order chi connectivity index (χ1) is 15.0. The number of alkyl halides is 3. The van der Waals surface area contributed by atoms with Gasteiger partial charge >= 0.3 is 6.18 Å². The van der Waals surface area contributed by atoms with Gasteiger partial charge in [0.15, 0.2) is 15.7 Å². The molecule has 0 radical (unpaired) electrons. The van der Waals surface area contributed by atoms with E-state index in [1.54, 1.807) is 24.1 Å². The number of aromatic nitrogens is 4. The summed E-state index contributed by atoms with van der Waals surface area (Å²) in [4.78, 5) is 8.45. The Morgan fingerprint density at radius 3 is 2.69 bits per heavy atom. The molecule has 0 amide bonds. The number of anilines is 3. The maximum absolute atomic E-state index is 12.5. The molecule has 10 nitrogen and oxygen atoms in total. The molecule has 0 aromatic carbocycles. The Kier molecular flexibility index (Phi) is 6.22. The van der Waals surface area contributed by atoms with Gasteiger partial charge in [0.1, 0.15) is 16.9 Å².